The van der Waals surface area contributed by atoms with E-state index in [1.165, 1.54) is 0 Å². The molecule has 0 aromatic carbocycles. The SMILES string of the molecule is Cc1ccnc(C2CCN(C(=O)Cc3ccco3)CC2)n1. The van der Waals surface area contributed by atoms with E-state index in [0.29, 0.717) is 12.3 Å². The van der Waals surface area contributed by atoms with E-state index >= 15 is 0 Å². The first-order chi connectivity index (χ1) is 10.2. The minimum absolute atomic E-state index is 0.133. The lowest BCUT2D eigenvalue weighted by Gasteiger charge is -2.31. The maximum Gasteiger partial charge on any atom is 0.230 e. The molecule has 0 spiro atoms. The summed E-state index contributed by atoms with van der Waals surface area (Å²) in [4.78, 5) is 23.0. The molecular weight excluding hydrogens is 266 g/mol. The normalized spacial score (nSPS) is 16.1. The smallest absolute Gasteiger partial charge is 0.230 e. The number of rotatable bonds is 3. The Labute approximate surface area is 124 Å². The van der Waals surface area contributed by atoms with E-state index in [9.17, 15) is 4.79 Å². The van der Waals surface area contributed by atoms with E-state index in [-0.39, 0.29) is 5.91 Å². The van der Waals surface area contributed by atoms with Gasteiger partial charge in [0.05, 0.1) is 12.7 Å². The molecule has 21 heavy (non-hydrogen) atoms. The Hall–Kier alpha value is -2.17. The second kappa shape index (κ2) is 6.08. The summed E-state index contributed by atoms with van der Waals surface area (Å²) in [7, 11) is 0. The summed E-state index contributed by atoms with van der Waals surface area (Å²) in [6.45, 7) is 3.51. The highest BCUT2D eigenvalue weighted by atomic mass is 16.3. The molecule has 1 amide bonds. The van der Waals surface area contributed by atoms with Gasteiger partial charge in [0, 0.05) is 30.9 Å². The molecule has 110 valence electrons. The summed E-state index contributed by atoms with van der Waals surface area (Å²) in [5.41, 5.74) is 0.997. The van der Waals surface area contributed by atoms with Crippen molar-refractivity contribution in [1.29, 1.82) is 0 Å². The zero-order chi connectivity index (χ0) is 14.7. The van der Waals surface area contributed by atoms with Crippen LogP contribution in [0.1, 0.15) is 36.0 Å². The van der Waals surface area contributed by atoms with Crippen LogP contribution in [0.15, 0.2) is 35.1 Å². The van der Waals surface area contributed by atoms with Crippen LogP contribution in [0.25, 0.3) is 0 Å². The summed E-state index contributed by atoms with van der Waals surface area (Å²) < 4.78 is 5.23. The summed E-state index contributed by atoms with van der Waals surface area (Å²) in [6.07, 6.45) is 5.61. The molecule has 2 aromatic rings. The molecule has 1 fully saturated rings. The van der Waals surface area contributed by atoms with Crippen molar-refractivity contribution in [2.45, 2.75) is 32.1 Å². The zero-order valence-corrected chi connectivity index (χ0v) is 12.2. The number of furan rings is 1. The number of hydrogen-bond acceptors (Lipinski definition) is 4. The largest absolute Gasteiger partial charge is 0.469 e. The molecule has 0 unspecified atom stereocenters. The van der Waals surface area contributed by atoms with Crippen molar-refractivity contribution in [3.63, 3.8) is 0 Å². The van der Waals surface area contributed by atoms with Gasteiger partial charge in [0.2, 0.25) is 5.91 Å². The van der Waals surface area contributed by atoms with Gasteiger partial charge in [0.15, 0.2) is 0 Å². The highest BCUT2D eigenvalue weighted by molar-refractivity contribution is 5.78. The van der Waals surface area contributed by atoms with Crippen molar-refractivity contribution in [1.82, 2.24) is 14.9 Å². The van der Waals surface area contributed by atoms with E-state index in [1.54, 1.807) is 6.26 Å². The second-order valence-corrected chi connectivity index (χ2v) is 5.47. The van der Waals surface area contributed by atoms with Crippen LogP contribution < -0.4 is 0 Å². The summed E-state index contributed by atoms with van der Waals surface area (Å²) in [5.74, 6) is 2.13. The molecule has 3 rings (SSSR count). The van der Waals surface area contributed by atoms with E-state index < -0.39 is 0 Å². The lowest BCUT2D eigenvalue weighted by atomic mass is 9.95. The molecule has 1 saturated heterocycles. The Morgan fingerprint density at radius 1 is 1.38 bits per heavy atom. The molecule has 0 bridgehead atoms. The fourth-order valence-corrected chi connectivity index (χ4v) is 2.73. The Balaban J connectivity index is 1.56. The van der Waals surface area contributed by atoms with E-state index in [2.05, 4.69) is 9.97 Å². The maximum absolute atomic E-state index is 12.2. The first kappa shape index (κ1) is 13.8. The molecule has 0 saturated carbocycles. The minimum atomic E-state index is 0.133. The maximum atomic E-state index is 12.2. The predicted octanol–water partition coefficient (Wildman–Crippen LogP) is 2.33. The third kappa shape index (κ3) is 3.29. The molecule has 0 atom stereocenters. The predicted molar refractivity (Wildman–Crippen MR) is 77.7 cm³/mol. The zero-order valence-electron chi connectivity index (χ0n) is 12.2. The number of aromatic nitrogens is 2. The van der Waals surface area contributed by atoms with Gasteiger partial charge in [0.1, 0.15) is 11.6 Å². The lowest BCUT2D eigenvalue weighted by Crippen LogP contribution is -2.39. The van der Waals surface area contributed by atoms with Gasteiger partial charge in [-0.25, -0.2) is 9.97 Å². The molecule has 2 aromatic heterocycles. The van der Waals surface area contributed by atoms with Crippen molar-refractivity contribution in [2.24, 2.45) is 0 Å². The summed E-state index contributed by atoms with van der Waals surface area (Å²) in [5, 5.41) is 0. The van der Waals surface area contributed by atoms with Crippen molar-refractivity contribution < 1.29 is 9.21 Å². The number of likely N-dealkylation sites (tertiary alicyclic amines) is 1. The Kier molecular flexibility index (Phi) is 3.99. The molecule has 0 aliphatic carbocycles. The topological polar surface area (TPSA) is 59.2 Å². The van der Waals surface area contributed by atoms with Gasteiger partial charge in [-0.05, 0) is 38.0 Å². The third-order valence-electron chi connectivity index (χ3n) is 3.93. The van der Waals surface area contributed by atoms with Crippen molar-refractivity contribution in [2.75, 3.05) is 13.1 Å². The van der Waals surface area contributed by atoms with Crippen LogP contribution in [0.3, 0.4) is 0 Å². The Morgan fingerprint density at radius 2 is 2.19 bits per heavy atom. The highest BCUT2D eigenvalue weighted by Crippen LogP contribution is 2.25. The Bertz CT molecular complexity index is 602. The van der Waals surface area contributed by atoms with Crippen LogP contribution in [-0.4, -0.2) is 33.9 Å². The van der Waals surface area contributed by atoms with Gasteiger partial charge in [-0.2, -0.15) is 0 Å². The van der Waals surface area contributed by atoms with Gasteiger partial charge < -0.3 is 9.32 Å². The van der Waals surface area contributed by atoms with Gasteiger partial charge in [0.25, 0.3) is 0 Å². The van der Waals surface area contributed by atoms with Crippen LogP contribution in [0.5, 0.6) is 0 Å². The highest BCUT2D eigenvalue weighted by Gasteiger charge is 2.25. The molecule has 5 nitrogen and oxygen atoms in total. The second-order valence-electron chi connectivity index (χ2n) is 5.47. The quantitative estimate of drug-likeness (QED) is 0.868. The number of aryl methyl sites for hydroxylation is 1. The molecule has 1 aliphatic heterocycles. The van der Waals surface area contributed by atoms with Crippen LogP contribution >= 0.6 is 0 Å². The summed E-state index contributed by atoms with van der Waals surface area (Å²) >= 11 is 0. The van der Waals surface area contributed by atoms with Crippen LogP contribution in [-0.2, 0) is 11.2 Å². The van der Waals surface area contributed by atoms with Crippen LogP contribution in [0, 0.1) is 6.92 Å². The number of carbonyl (C=O) groups excluding carboxylic acids is 1. The first-order valence-electron chi connectivity index (χ1n) is 7.32. The number of amides is 1. The van der Waals surface area contributed by atoms with Crippen molar-refractivity contribution in [3.8, 4) is 0 Å². The van der Waals surface area contributed by atoms with Crippen LogP contribution in [0.4, 0.5) is 0 Å². The van der Waals surface area contributed by atoms with Gasteiger partial charge in [-0.1, -0.05) is 0 Å². The van der Waals surface area contributed by atoms with Crippen molar-refractivity contribution in [3.05, 3.63) is 47.9 Å². The number of hydrogen-bond donors (Lipinski definition) is 0. The monoisotopic (exact) mass is 285 g/mol. The molecular formula is C16H19N3O2. The molecule has 0 radical (unpaired) electrons. The van der Waals surface area contributed by atoms with Gasteiger partial charge >= 0.3 is 0 Å². The lowest BCUT2D eigenvalue weighted by molar-refractivity contribution is -0.131. The molecule has 0 N–H and O–H groups in total. The van der Waals surface area contributed by atoms with Crippen molar-refractivity contribution >= 4 is 5.91 Å². The molecule has 1 aliphatic rings. The first-order valence-corrected chi connectivity index (χ1v) is 7.32. The van der Waals surface area contributed by atoms with Crippen LogP contribution in [0.2, 0.25) is 0 Å². The van der Waals surface area contributed by atoms with E-state index in [0.717, 1.165) is 43.2 Å². The standard InChI is InChI=1S/C16H19N3O2/c1-12-4-7-17-16(18-12)13-5-8-19(9-6-13)15(20)11-14-3-2-10-21-14/h2-4,7,10,13H,5-6,8-9,11H2,1H3. The summed E-state index contributed by atoms with van der Waals surface area (Å²) in [6, 6.07) is 5.56. The fourth-order valence-electron chi connectivity index (χ4n) is 2.73. The number of nitrogens with zero attached hydrogens (tertiary/aromatic N) is 3. The average molecular weight is 285 g/mol. The fraction of sp³-hybridized carbons (Fsp3) is 0.438. The van der Waals surface area contributed by atoms with Gasteiger partial charge in [-0.3, -0.25) is 4.79 Å². The third-order valence-corrected chi connectivity index (χ3v) is 3.93. The molecule has 5 heteroatoms. The minimum Gasteiger partial charge on any atom is -0.469 e. The van der Waals surface area contributed by atoms with E-state index in [1.807, 2.05) is 36.2 Å². The van der Waals surface area contributed by atoms with Gasteiger partial charge in [-0.15, -0.1) is 0 Å². The van der Waals surface area contributed by atoms with E-state index in [4.69, 9.17) is 4.42 Å². The molecule has 3 heterocycles. The number of piperidine rings is 1. The Morgan fingerprint density at radius 3 is 2.86 bits per heavy atom. The number of carbonyl (C=O) groups is 1. The average Bonchev–Trinajstić information content (AvgIpc) is 3.00.